The molecule has 2 aromatic heterocycles. The molecular weight excluding hydrogens is 292 g/mol. The van der Waals surface area contributed by atoms with Gasteiger partial charge in [-0.15, -0.1) is 5.10 Å². The molecule has 0 fully saturated rings. The molecule has 9 heteroatoms. The van der Waals surface area contributed by atoms with Crippen molar-refractivity contribution in [2.24, 2.45) is 0 Å². The Hall–Kier alpha value is -1.45. The molecule has 0 bridgehead atoms. The normalized spacial score (nSPS) is 10.1. The van der Waals surface area contributed by atoms with Crippen LogP contribution in [-0.4, -0.2) is 37.8 Å². The van der Waals surface area contributed by atoms with Crippen LogP contribution in [0.3, 0.4) is 0 Å². The van der Waals surface area contributed by atoms with E-state index in [0.717, 1.165) is 4.52 Å². The highest BCUT2D eigenvalue weighted by molar-refractivity contribution is 9.10. The van der Waals surface area contributed by atoms with Crippen molar-refractivity contribution in [3.8, 4) is 5.88 Å². The van der Waals surface area contributed by atoms with Gasteiger partial charge < -0.3 is 21.7 Å². The van der Waals surface area contributed by atoms with Crippen molar-refractivity contribution in [3.63, 3.8) is 0 Å². The van der Waals surface area contributed by atoms with Crippen molar-refractivity contribution in [1.82, 2.24) is 19.6 Å². The number of anilines is 1. The van der Waals surface area contributed by atoms with Gasteiger partial charge in [-0.2, -0.15) is 4.98 Å². The van der Waals surface area contributed by atoms with Gasteiger partial charge in [-0.05, 0) is 22.9 Å². The highest BCUT2D eigenvalue weighted by Crippen LogP contribution is 2.23. The monoisotopic (exact) mass is 304 g/mol. The summed E-state index contributed by atoms with van der Waals surface area (Å²) in [5, 5.41) is 23.0. The first-order chi connectivity index (χ1) is 8.01. The van der Waals surface area contributed by atoms with Crippen molar-refractivity contribution in [2.75, 3.05) is 18.9 Å². The molecule has 0 spiro atoms. The van der Waals surface area contributed by atoms with Crippen LogP contribution in [-0.2, 0) is 0 Å². The Balaban J connectivity index is 0.000000317. The Kier molecular flexibility index (Phi) is 4.61. The van der Waals surface area contributed by atoms with Gasteiger partial charge in [0, 0.05) is 10.4 Å². The molecule has 0 saturated heterocycles. The quantitative estimate of drug-likeness (QED) is 0.560. The van der Waals surface area contributed by atoms with Gasteiger partial charge in [0.15, 0.2) is 0 Å². The second-order valence-corrected chi connectivity index (χ2v) is 3.87. The van der Waals surface area contributed by atoms with Crippen LogP contribution in [0, 0.1) is 6.92 Å². The Labute approximate surface area is 105 Å². The van der Waals surface area contributed by atoms with E-state index < -0.39 is 0 Å². The molecule has 8 nitrogen and oxygen atoms in total. The molecule has 0 atom stereocenters. The van der Waals surface area contributed by atoms with E-state index in [1.807, 2.05) is 0 Å². The number of aromatic nitrogens is 4. The Bertz CT molecular complexity index is 512. The third kappa shape index (κ3) is 3.02. The van der Waals surface area contributed by atoms with E-state index in [9.17, 15) is 5.11 Å². The van der Waals surface area contributed by atoms with Crippen molar-refractivity contribution in [3.05, 3.63) is 10.2 Å². The molecule has 2 rings (SSSR count). The summed E-state index contributed by atoms with van der Waals surface area (Å²) in [6.45, 7) is 2.54. The second kappa shape index (κ2) is 5.75. The number of halogens is 1. The van der Waals surface area contributed by atoms with E-state index in [0.29, 0.717) is 16.7 Å². The molecule has 0 radical (unpaired) electrons. The maximum atomic E-state index is 11.5. The number of aliphatic hydroxyl groups excluding tert-OH is 1. The number of hydrogen-bond donors (Lipinski definition) is 3. The minimum absolute atomic E-state index is 0.0436. The van der Waals surface area contributed by atoms with Crippen LogP contribution < -0.4 is 16.6 Å². The lowest BCUT2D eigenvalue weighted by molar-refractivity contribution is -0.372. The van der Waals surface area contributed by atoms with Gasteiger partial charge in [0.2, 0.25) is 5.95 Å². The third-order valence-corrected chi connectivity index (χ3v) is 2.64. The molecule has 0 aliphatic rings. The minimum atomic E-state index is -0.299. The average Bonchev–Trinajstić information content (AvgIpc) is 2.67. The number of quaternary nitrogens is 1. The predicted molar refractivity (Wildman–Crippen MR) is 61.9 cm³/mol. The lowest BCUT2D eigenvalue weighted by Gasteiger charge is -2.10. The van der Waals surface area contributed by atoms with Gasteiger partial charge in [-0.25, -0.2) is 9.50 Å². The smallest absolute Gasteiger partial charge is 0.253 e. The number of rotatable bonds is 1. The molecule has 0 aromatic carbocycles. The lowest BCUT2D eigenvalue weighted by Crippen LogP contribution is -2.51. The van der Waals surface area contributed by atoms with E-state index in [4.69, 9.17) is 10.8 Å². The van der Waals surface area contributed by atoms with E-state index in [1.165, 1.54) is 0 Å². The summed E-state index contributed by atoms with van der Waals surface area (Å²) in [6, 6.07) is 0. The van der Waals surface area contributed by atoms with Crippen molar-refractivity contribution >= 4 is 27.7 Å². The number of nitrogens with zero attached hydrogens (tertiary/aromatic N) is 4. The molecule has 2 aromatic rings. The van der Waals surface area contributed by atoms with Crippen LogP contribution in [0.15, 0.2) is 4.47 Å². The zero-order valence-corrected chi connectivity index (χ0v) is 10.8. The fourth-order valence-electron chi connectivity index (χ4n) is 0.975. The van der Waals surface area contributed by atoms with E-state index in [2.05, 4.69) is 36.7 Å². The molecule has 17 heavy (non-hydrogen) atoms. The number of nitrogen functional groups attached to an aromatic ring is 1. The average molecular weight is 305 g/mol. The van der Waals surface area contributed by atoms with Crippen LogP contribution in [0.5, 0.6) is 5.88 Å². The van der Waals surface area contributed by atoms with E-state index in [1.54, 1.807) is 6.92 Å². The largest absolute Gasteiger partial charge is 0.858 e. The summed E-state index contributed by atoms with van der Waals surface area (Å²) in [6.07, 6.45) is 0. The summed E-state index contributed by atoms with van der Waals surface area (Å²) >= 11 is 3.11. The summed E-state index contributed by atoms with van der Waals surface area (Å²) < 4.78 is 1.44. The van der Waals surface area contributed by atoms with Crippen LogP contribution in [0.25, 0.3) is 5.78 Å². The first kappa shape index (κ1) is 13.6. The second-order valence-electron chi connectivity index (χ2n) is 3.08. The van der Waals surface area contributed by atoms with Crippen LogP contribution in [0.4, 0.5) is 5.95 Å². The standard InChI is InChI=1S/C6H6BrN5O.C2H7NO/c1-2-3(7)4(13)12-6(9-2)10-5(8)11-12;3-1-2-4/h13H,1H3,(H2,8,11);4H,1-3H2. The van der Waals surface area contributed by atoms with Gasteiger partial charge in [-0.3, -0.25) is 0 Å². The molecule has 0 saturated carbocycles. The third-order valence-electron chi connectivity index (χ3n) is 1.73. The van der Waals surface area contributed by atoms with E-state index >= 15 is 0 Å². The maximum Gasteiger partial charge on any atom is 0.253 e. The fourth-order valence-corrected chi connectivity index (χ4v) is 1.23. The van der Waals surface area contributed by atoms with Crippen molar-refractivity contribution in [2.45, 2.75) is 6.92 Å². The Morgan fingerprint density at radius 3 is 2.65 bits per heavy atom. The number of hydrogen-bond acceptors (Lipinski definition) is 6. The fraction of sp³-hybridized carbons (Fsp3) is 0.375. The van der Waals surface area contributed by atoms with Crippen LogP contribution >= 0.6 is 15.9 Å². The minimum Gasteiger partial charge on any atom is -0.858 e. The van der Waals surface area contributed by atoms with Crippen LogP contribution in [0.1, 0.15) is 5.69 Å². The van der Waals surface area contributed by atoms with Crippen molar-refractivity contribution < 1.29 is 15.9 Å². The highest BCUT2D eigenvalue weighted by atomic mass is 79.9. The molecule has 0 amide bonds. The van der Waals surface area contributed by atoms with Gasteiger partial charge in [0.1, 0.15) is 0 Å². The maximum absolute atomic E-state index is 11.5. The molecule has 6 N–H and O–H groups in total. The molecular formula is C8H13BrN6O2. The van der Waals surface area contributed by atoms with E-state index in [-0.39, 0.29) is 24.2 Å². The topological polar surface area (TPSA) is 140 Å². The van der Waals surface area contributed by atoms with Gasteiger partial charge in [0.05, 0.1) is 18.8 Å². The summed E-state index contributed by atoms with van der Waals surface area (Å²) in [4.78, 5) is 7.79. The molecule has 0 unspecified atom stereocenters. The Morgan fingerprint density at radius 2 is 2.12 bits per heavy atom. The zero-order chi connectivity index (χ0) is 13.0. The zero-order valence-electron chi connectivity index (χ0n) is 9.22. The van der Waals surface area contributed by atoms with Crippen molar-refractivity contribution in [1.29, 1.82) is 0 Å². The number of aliphatic hydroxyl groups is 1. The summed E-state index contributed by atoms with van der Waals surface area (Å²) in [5.74, 6) is -0.0306. The predicted octanol–water partition coefficient (Wildman–Crippen LogP) is -1.93. The van der Waals surface area contributed by atoms with Gasteiger partial charge >= 0.3 is 0 Å². The lowest BCUT2D eigenvalue weighted by atomic mass is 10.4. The summed E-state index contributed by atoms with van der Waals surface area (Å²) in [7, 11) is 0. The first-order valence-corrected chi connectivity index (χ1v) is 5.56. The first-order valence-electron chi connectivity index (χ1n) is 4.76. The molecule has 0 aliphatic heterocycles. The molecule has 0 aliphatic carbocycles. The number of nitrogens with two attached hydrogens (primary N) is 1. The Morgan fingerprint density at radius 1 is 1.53 bits per heavy atom. The molecule has 94 valence electrons. The van der Waals surface area contributed by atoms with Gasteiger partial charge in [0.25, 0.3) is 5.78 Å². The number of fused-ring (bicyclic) bond motifs is 1. The SMILES string of the molecule is Cc1nc2nc(N)nn2c([O-])c1Br.[NH3+]CCO. The highest BCUT2D eigenvalue weighted by Gasteiger charge is 2.06. The summed E-state index contributed by atoms with van der Waals surface area (Å²) in [5.41, 5.74) is 9.25. The number of aryl methyl sites for hydroxylation is 1. The molecule has 2 heterocycles. The van der Waals surface area contributed by atoms with Gasteiger partial charge in [-0.1, -0.05) is 0 Å². The van der Waals surface area contributed by atoms with Crippen LogP contribution in [0.2, 0.25) is 0 Å².